The van der Waals surface area contributed by atoms with Crippen LogP contribution < -0.4 is 11.1 Å². The summed E-state index contributed by atoms with van der Waals surface area (Å²) in [6, 6.07) is 14.6. The summed E-state index contributed by atoms with van der Waals surface area (Å²) in [6.45, 7) is 0.890. The van der Waals surface area contributed by atoms with E-state index in [1.165, 1.54) is 15.5 Å². The van der Waals surface area contributed by atoms with E-state index in [-0.39, 0.29) is 5.96 Å². The van der Waals surface area contributed by atoms with Crippen LogP contribution in [0.5, 0.6) is 0 Å². The van der Waals surface area contributed by atoms with Gasteiger partial charge in [0, 0.05) is 17.7 Å². The Morgan fingerprint density at radius 2 is 1.96 bits per heavy atom. The fraction of sp³-hybridized carbons (Fsp3) is 0.222. The molecule has 0 saturated heterocycles. The minimum absolute atomic E-state index is 0.0536. The van der Waals surface area contributed by atoms with E-state index in [4.69, 9.17) is 11.1 Å². The number of nitrogens with zero attached hydrogens (tertiary/aromatic N) is 2. The molecule has 3 aromatic rings. The molecule has 0 saturated carbocycles. The number of hydrogen-bond acceptors (Lipinski definition) is 3. The molecule has 4 N–H and O–H groups in total. The van der Waals surface area contributed by atoms with Crippen molar-refractivity contribution in [3.63, 3.8) is 0 Å². The van der Waals surface area contributed by atoms with Crippen LogP contribution in [0.4, 0.5) is 5.82 Å². The first-order valence-electron chi connectivity index (χ1n) is 7.94. The zero-order valence-corrected chi connectivity index (χ0v) is 12.8. The number of benzene rings is 2. The summed E-state index contributed by atoms with van der Waals surface area (Å²) >= 11 is 0. The maximum Gasteiger partial charge on any atom is 0.215 e. The van der Waals surface area contributed by atoms with Crippen LogP contribution in [-0.4, -0.2) is 22.3 Å². The van der Waals surface area contributed by atoms with E-state index in [0.717, 1.165) is 48.4 Å². The monoisotopic (exact) mass is 305 g/mol. The lowest BCUT2D eigenvalue weighted by molar-refractivity contribution is 0.781. The number of anilines is 1. The van der Waals surface area contributed by atoms with Gasteiger partial charge in [-0.25, -0.2) is 0 Å². The zero-order valence-electron chi connectivity index (χ0n) is 12.8. The van der Waals surface area contributed by atoms with E-state index in [1.807, 2.05) is 12.1 Å². The van der Waals surface area contributed by atoms with Crippen molar-refractivity contribution in [1.29, 1.82) is 5.41 Å². The molecule has 2 aromatic carbocycles. The highest BCUT2D eigenvalue weighted by atomic mass is 15.4. The summed E-state index contributed by atoms with van der Waals surface area (Å²) in [6.07, 6.45) is 3.18. The van der Waals surface area contributed by atoms with Crippen molar-refractivity contribution in [2.45, 2.75) is 19.3 Å². The third-order valence-electron chi connectivity index (χ3n) is 4.40. The van der Waals surface area contributed by atoms with Gasteiger partial charge in [0.15, 0.2) is 0 Å². The third kappa shape index (κ3) is 2.25. The second-order valence-corrected chi connectivity index (χ2v) is 5.88. The minimum Gasteiger partial charge on any atom is -0.370 e. The molecule has 5 nitrogen and oxygen atoms in total. The topological polar surface area (TPSA) is 79.7 Å². The number of aromatic nitrogens is 2. The second kappa shape index (κ2) is 5.43. The second-order valence-electron chi connectivity index (χ2n) is 5.88. The van der Waals surface area contributed by atoms with Crippen LogP contribution in [0.3, 0.4) is 0 Å². The van der Waals surface area contributed by atoms with E-state index in [0.29, 0.717) is 0 Å². The molecular weight excluding hydrogens is 286 g/mol. The van der Waals surface area contributed by atoms with E-state index >= 15 is 0 Å². The van der Waals surface area contributed by atoms with Gasteiger partial charge in [0.05, 0.1) is 5.69 Å². The predicted octanol–water partition coefficient (Wildman–Crippen LogP) is 3.19. The first-order valence-corrected chi connectivity index (χ1v) is 7.94. The maximum absolute atomic E-state index is 7.82. The predicted molar refractivity (Wildman–Crippen MR) is 93.9 cm³/mol. The number of hydrogen-bond donors (Lipinski definition) is 3. The summed E-state index contributed by atoms with van der Waals surface area (Å²) in [4.78, 5) is 0. The average Bonchev–Trinajstić information content (AvgIpc) is 2.76. The van der Waals surface area contributed by atoms with Gasteiger partial charge in [0.1, 0.15) is 5.82 Å². The molecule has 0 aliphatic carbocycles. The van der Waals surface area contributed by atoms with Gasteiger partial charge < -0.3 is 11.1 Å². The molecule has 1 aliphatic rings. The number of nitrogens with one attached hydrogen (secondary N) is 2. The summed E-state index contributed by atoms with van der Waals surface area (Å²) < 4.78 is 1.53. The number of rotatable bonds is 1. The van der Waals surface area contributed by atoms with Crippen molar-refractivity contribution in [2.24, 2.45) is 5.73 Å². The Hall–Kier alpha value is -2.82. The van der Waals surface area contributed by atoms with Crippen molar-refractivity contribution < 1.29 is 0 Å². The molecule has 0 unspecified atom stereocenters. The lowest BCUT2D eigenvalue weighted by atomic mass is 9.98. The molecule has 0 bridgehead atoms. The normalized spacial score (nSPS) is 14.1. The van der Waals surface area contributed by atoms with Gasteiger partial charge in [-0.2, -0.15) is 9.78 Å². The van der Waals surface area contributed by atoms with Gasteiger partial charge in [-0.15, -0.1) is 0 Å². The first kappa shape index (κ1) is 13.8. The standard InChI is InChI=1S/C18H19N5/c19-18(20)23-17-15(9-3-4-11-21-17)16(22-23)14-10-5-7-12-6-1-2-8-13(12)14/h1-2,5-8,10,21H,3-4,9,11H2,(H3,19,20). The van der Waals surface area contributed by atoms with Crippen LogP contribution in [0.1, 0.15) is 18.4 Å². The van der Waals surface area contributed by atoms with E-state index in [1.54, 1.807) is 0 Å². The number of nitrogens with two attached hydrogens (primary N) is 1. The smallest absolute Gasteiger partial charge is 0.215 e. The van der Waals surface area contributed by atoms with Gasteiger partial charge >= 0.3 is 0 Å². The third-order valence-corrected chi connectivity index (χ3v) is 4.40. The first-order chi connectivity index (χ1) is 11.3. The van der Waals surface area contributed by atoms with E-state index < -0.39 is 0 Å². The molecule has 0 spiro atoms. The molecule has 0 amide bonds. The maximum atomic E-state index is 7.82. The van der Waals surface area contributed by atoms with Crippen molar-refractivity contribution in [3.8, 4) is 11.3 Å². The highest BCUT2D eigenvalue weighted by Gasteiger charge is 2.22. The summed E-state index contributed by atoms with van der Waals surface area (Å²) in [5.74, 6) is 0.820. The Balaban J connectivity index is 2.00. The van der Waals surface area contributed by atoms with Crippen molar-refractivity contribution >= 4 is 22.5 Å². The summed E-state index contributed by atoms with van der Waals surface area (Å²) in [5.41, 5.74) is 8.93. The lowest BCUT2D eigenvalue weighted by Gasteiger charge is -2.07. The van der Waals surface area contributed by atoms with Gasteiger partial charge in [-0.3, -0.25) is 5.41 Å². The van der Waals surface area contributed by atoms with Crippen molar-refractivity contribution in [3.05, 3.63) is 48.0 Å². The Kier molecular flexibility index (Phi) is 3.26. The van der Waals surface area contributed by atoms with Crippen LogP contribution >= 0.6 is 0 Å². The van der Waals surface area contributed by atoms with Crippen molar-refractivity contribution in [2.75, 3.05) is 11.9 Å². The van der Waals surface area contributed by atoms with Crippen LogP contribution in [0, 0.1) is 5.41 Å². The van der Waals surface area contributed by atoms with Gasteiger partial charge in [-0.05, 0) is 30.0 Å². The zero-order chi connectivity index (χ0) is 15.8. The van der Waals surface area contributed by atoms with E-state index in [2.05, 4.69) is 40.7 Å². The van der Waals surface area contributed by atoms with Crippen LogP contribution in [-0.2, 0) is 6.42 Å². The number of fused-ring (bicyclic) bond motifs is 2. The van der Waals surface area contributed by atoms with Gasteiger partial charge in [0.25, 0.3) is 0 Å². The molecule has 5 heteroatoms. The quantitative estimate of drug-likeness (QED) is 0.477. The fourth-order valence-corrected chi connectivity index (χ4v) is 3.32. The molecular formula is C18H19N5. The highest BCUT2D eigenvalue weighted by Crippen LogP contribution is 2.35. The summed E-state index contributed by atoms with van der Waals surface area (Å²) in [7, 11) is 0. The van der Waals surface area contributed by atoms with Crippen LogP contribution in [0.15, 0.2) is 42.5 Å². The molecule has 0 fully saturated rings. The van der Waals surface area contributed by atoms with Crippen molar-refractivity contribution in [1.82, 2.24) is 9.78 Å². The SMILES string of the molecule is N=C(N)n1nc(-c2cccc3ccccc23)c2c1NCCCC2. The molecule has 0 atom stereocenters. The Labute approximate surface area is 134 Å². The Bertz CT molecular complexity index is 888. The molecule has 0 radical (unpaired) electrons. The fourth-order valence-electron chi connectivity index (χ4n) is 3.32. The molecule has 1 aliphatic heterocycles. The van der Waals surface area contributed by atoms with E-state index in [9.17, 15) is 0 Å². The summed E-state index contributed by atoms with van der Waals surface area (Å²) in [5, 5.41) is 18.2. The number of nitrogen functional groups attached to an aromatic ring is 1. The molecule has 23 heavy (non-hydrogen) atoms. The average molecular weight is 305 g/mol. The molecule has 2 heterocycles. The molecule has 1 aromatic heterocycles. The molecule has 116 valence electrons. The minimum atomic E-state index is -0.0536. The highest BCUT2D eigenvalue weighted by molar-refractivity contribution is 5.97. The van der Waals surface area contributed by atoms with Gasteiger partial charge in [0.2, 0.25) is 5.96 Å². The van der Waals surface area contributed by atoms with Gasteiger partial charge in [-0.1, -0.05) is 42.5 Å². The largest absolute Gasteiger partial charge is 0.370 e. The lowest BCUT2D eigenvalue weighted by Crippen LogP contribution is -2.24. The van der Waals surface area contributed by atoms with Crippen LogP contribution in [0.2, 0.25) is 0 Å². The Morgan fingerprint density at radius 1 is 1.13 bits per heavy atom. The molecule has 4 rings (SSSR count). The Morgan fingerprint density at radius 3 is 2.83 bits per heavy atom. The van der Waals surface area contributed by atoms with Crippen LogP contribution in [0.25, 0.3) is 22.0 Å².